The van der Waals surface area contributed by atoms with Crippen LogP contribution in [0.3, 0.4) is 0 Å². The van der Waals surface area contributed by atoms with Gasteiger partial charge in [-0.25, -0.2) is 19.2 Å². The van der Waals surface area contributed by atoms with E-state index in [1.807, 2.05) is 12.3 Å². The van der Waals surface area contributed by atoms with E-state index in [-0.39, 0.29) is 5.82 Å². The molecule has 1 saturated heterocycles. The highest BCUT2D eigenvalue weighted by molar-refractivity contribution is 7.11. The number of hydrogen-bond acceptors (Lipinski definition) is 8. The van der Waals surface area contributed by atoms with Crippen LogP contribution in [0, 0.1) is 5.82 Å². The molecule has 2 aliphatic rings. The van der Waals surface area contributed by atoms with E-state index in [0.717, 1.165) is 13.1 Å². The monoisotopic (exact) mass is 430 g/mol. The molecule has 1 aromatic carbocycles. The van der Waals surface area contributed by atoms with Gasteiger partial charge in [-0.1, -0.05) is 12.1 Å². The Hall–Kier alpha value is -2.62. The van der Waals surface area contributed by atoms with Crippen LogP contribution in [0.1, 0.15) is 17.5 Å². The first-order valence-electron chi connectivity index (χ1n) is 9.66. The Morgan fingerprint density at radius 2 is 2.07 bits per heavy atom. The molecule has 4 rings (SSSR count). The van der Waals surface area contributed by atoms with E-state index in [2.05, 4.69) is 15.2 Å². The zero-order valence-corrected chi connectivity index (χ0v) is 17.7. The van der Waals surface area contributed by atoms with Crippen molar-refractivity contribution in [2.24, 2.45) is 4.99 Å². The molecule has 158 valence electrons. The molecule has 3 heterocycles. The molecule has 9 heteroatoms. The van der Waals surface area contributed by atoms with Crippen LogP contribution >= 0.6 is 11.3 Å². The average Bonchev–Trinajstić information content (AvgIpc) is 3.29. The van der Waals surface area contributed by atoms with Crippen LogP contribution in [0.4, 0.5) is 4.39 Å². The second kappa shape index (κ2) is 8.63. The molecule has 0 radical (unpaired) electrons. The number of aliphatic imine (C=N–C) groups is 1. The standard InChI is InChI=1S/C21H23FN4O3S/c1-21(14-3-5-15(22)6-4-14)17(20(27)28-2)16(13-26-8-10-29-11-9-26)24-18(25-21)19-23-7-12-30-19/h3-7,12H,8-11,13H2,1-2H3,(H,24,25)/t21-/m1/s1. The lowest BCUT2D eigenvalue weighted by molar-refractivity contribution is -0.137. The van der Waals surface area contributed by atoms with Crippen molar-refractivity contribution in [3.8, 4) is 0 Å². The summed E-state index contributed by atoms with van der Waals surface area (Å²) >= 11 is 1.45. The number of carbonyl (C=O) groups excluding carboxylic acids is 1. The van der Waals surface area contributed by atoms with Gasteiger partial charge in [0.05, 0.1) is 25.9 Å². The maximum Gasteiger partial charge on any atom is 0.338 e. The van der Waals surface area contributed by atoms with Crippen LogP contribution in [-0.2, 0) is 19.8 Å². The molecule has 2 aliphatic heterocycles. The van der Waals surface area contributed by atoms with Gasteiger partial charge in [0, 0.05) is 36.9 Å². The molecule has 2 aromatic rings. The third-order valence-electron chi connectivity index (χ3n) is 5.31. The van der Waals surface area contributed by atoms with Crippen molar-refractivity contribution >= 4 is 23.1 Å². The number of carbonyl (C=O) groups is 1. The molecule has 0 bridgehead atoms. The Morgan fingerprint density at radius 1 is 1.33 bits per heavy atom. The van der Waals surface area contributed by atoms with Gasteiger partial charge in [0.25, 0.3) is 0 Å². The summed E-state index contributed by atoms with van der Waals surface area (Å²) in [6.45, 7) is 5.16. The van der Waals surface area contributed by atoms with Crippen molar-refractivity contribution in [3.05, 3.63) is 63.5 Å². The SMILES string of the molecule is COC(=O)C1=C(CN2CCOCC2)NC(c2nccs2)=N[C@]1(C)c1ccc(F)cc1. The van der Waals surface area contributed by atoms with Crippen molar-refractivity contribution in [2.75, 3.05) is 40.0 Å². The number of methoxy groups -OCH3 is 1. The maximum absolute atomic E-state index is 13.6. The molecule has 0 aliphatic carbocycles. The number of ether oxygens (including phenoxy) is 2. The third-order valence-corrected chi connectivity index (χ3v) is 6.09. The van der Waals surface area contributed by atoms with Gasteiger partial charge >= 0.3 is 5.97 Å². The Bertz CT molecular complexity index is 969. The van der Waals surface area contributed by atoms with E-state index in [0.29, 0.717) is 47.4 Å². The second-order valence-corrected chi connectivity index (χ2v) is 8.13. The molecule has 1 N–H and O–H groups in total. The minimum atomic E-state index is -1.06. The number of morpholine rings is 1. The Balaban J connectivity index is 1.84. The van der Waals surface area contributed by atoms with Crippen LogP contribution in [-0.4, -0.2) is 61.6 Å². The van der Waals surface area contributed by atoms with Crippen molar-refractivity contribution in [1.29, 1.82) is 0 Å². The Morgan fingerprint density at radius 3 is 2.70 bits per heavy atom. The van der Waals surface area contributed by atoms with Crippen molar-refractivity contribution in [2.45, 2.75) is 12.5 Å². The Labute approximate surface area is 178 Å². The summed E-state index contributed by atoms with van der Waals surface area (Å²) in [4.78, 5) is 24.4. The number of aromatic nitrogens is 1. The summed E-state index contributed by atoms with van der Waals surface area (Å²) in [6.07, 6.45) is 1.71. The number of nitrogens with zero attached hydrogens (tertiary/aromatic N) is 3. The van der Waals surface area contributed by atoms with E-state index in [1.165, 1.54) is 30.6 Å². The first-order valence-corrected chi connectivity index (χ1v) is 10.5. The summed E-state index contributed by atoms with van der Waals surface area (Å²) in [5, 5.41) is 5.91. The Kier molecular flexibility index (Phi) is 5.94. The van der Waals surface area contributed by atoms with Gasteiger partial charge in [-0.15, -0.1) is 11.3 Å². The molecule has 0 unspecified atom stereocenters. The predicted molar refractivity (Wildman–Crippen MR) is 112 cm³/mol. The van der Waals surface area contributed by atoms with Gasteiger partial charge in [-0.05, 0) is 24.6 Å². The van der Waals surface area contributed by atoms with Gasteiger partial charge in [0.1, 0.15) is 11.4 Å². The topological polar surface area (TPSA) is 76.0 Å². The number of hydrogen-bond donors (Lipinski definition) is 1. The van der Waals surface area contributed by atoms with Crippen molar-refractivity contribution in [3.63, 3.8) is 0 Å². The number of benzene rings is 1. The van der Waals surface area contributed by atoms with Crippen LogP contribution in [0.25, 0.3) is 0 Å². The lowest BCUT2D eigenvalue weighted by Crippen LogP contribution is -2.46. The van der Waals surface area contributed by atoms with E-state index in [1.54, 1.807) is 18.3 Å². The lowest BCUT2D eigenvalue weighted by Gasteiger charge is -2.37. The number of esters is 1. The third kappa shape index (κ3) is 4.00. The molecule has 0 spiro atoms. The van der Waals surface area contributed by atoms with E-state index >= 15 is 0 Å². The summed E-state index contributed by atoms with van der Waals surface area (Å²) in [7, 11) is 1.35. The summed E-state index contributed by atoms with van der Waals surface area (Å²) in [5.41, 5.74) is 0.743. The highest BCUT2D eigenvalue weighted by atomic mass is 32.1. The minimum absolute atomic E-state index is 0.349. The first-order chi connectivity index (χ1) is 14.5. The number of halogens is 1. The highest BCUT2D eigenvalue weighted by Crippen LogP contribution is 2.39. The fourth-order valence-electron chi connectivity index (χ4n) is 3.76. The molecular weight excluding hydrogens is 407 g/mol. The summed E-state index contributed by atoms with van der Waals surface area (Å²) in [5.74, 6) is -0.246. The van der Waals surface area contributed by atoms with Gasteiger partial charge in [-0.3, -0.25) is 4.90 Å². The van der Waals surface area contributed by atoms with Gasteiger partial charge in [0.15, 0.2) is 10.8 Å². The summed E-state index contributed by atoms with van der Waals surface area (Å²) < 4.78 is 24.2. The molecule has 7 nitrogen and oxygen atoms in total. The van der Waals surface area contributed by atoms with Gasteiger partial charge in [0.2, 0.25) is 0 Å². The number of thiazole rings is 1. The van der Waals surface area contributed by atoms with Crippen LogP contribution in [0.15, 0.2) is 52.1 Å². The molecule has 1 fully saturated rings. The summed E-state index contributed by atoms with van der Waals surface area (Å²) in [6, 6.07) is 6.05. The number of amidine groups is 1. The van der Waals surface area contributed by atoms with E-state index in [9.17, 15) is 9.18 Å². The molecule has 0 amide bonds. The molecule has 30 heavy (non-hydrogen) atoms. The maximum atomic E-state index is 13.6. The molecule has 1 aromatic heterocycles. The molecule has 1 atom stereocenters. The fraction of sp³-hybridized carbons (Fsp3) is 0.381. The highest BCUT2D eigenvalue weighted by Gasteiger charge is 2.42. The normalized spacial score (nSPS) is 22.4. The lowest BCUT2D eigenvalue weighted by atomic mass is 9.82. The average molecular weight is 431 g/mol. The zero-order valence-electron chi connectivity index (χ0n) is 16.9. The zero-order chi connectivity index (χ0) is 21.1. The van der Waals surface area contributed by atoms with Gasteiger partial charge in [-0.2, -0.15) is 0 Å². The predicted octanol–water partition coefficient (Wildman–Crippen LogP) is 2.31. The number of nitrogens with one attached hydrogen (secondary N) is 1. The quantitative estimate of drug-likeness (QED) is 0.734. The second-order valence-electron chi connectivity index (χ2n) is 7.24. The first kappa shape index (κ1) is 20.6. The number of rotatable bonds is 5. The van der Waals surface area contributed by atoms with E-state index in [4.69, 9.17) is 14.5 Å². The van der Waals surface area contributed by atoms with Gasteiger partial charge < -0.3 is 14.8 Å². The smallest absolute Gasteiger partial charge is 0.338 e. The minimum Gasteiger partial charge on any atom is -0.466 e. The molecular formula is C21H23FN4O3S. The van der Waals surface area contributed by atoms with Crippen molar-refractivity contribution in [1.82, 2.24) is 15.2 Å². The molecule has 0 saturated carbocycles. The van der Waals surface area contributed by atoms with Crippen LogP contribution in [0.2, 0.25) is 0 Å². The van der Waals surface area contributed by atoms with Crippen LogP contribution < -0.4 is 5.32 Å². The largest absolute Gasteiger partial charge is 0.466 e. The fourth-order valence-corrected chi connectivity index (χ4v) is 4.34. The van der Waals surface area contributed by atoms with Crippen molar-refractivity contribution < 1.29 is 18.7 Å². The van der Waals surface area contributed by atoms with E-state index < -0.39 is 11.5 Å². The van der Waals surface area contributed by atoms with Crippen LogP contribution in [0.5, 0.6) is 0 Å².